The summed E-state index contributed by atoms with van der Waals surface area (Å²) < 4.78 is 37.8. The van der Waals surface area contributed by atoms with Crippen molar-refractivity contribution in [3.63, 3.8) is 0 Å². The highest BCUT2D eigenvalue weighted by molar-refractivity contribution is 5.95. The van der Waals surface area contributed by atoms with Crippen LogP contribution in [0, 0.1) is 11.6 Å². The van der Waals surface area contributed by atoms with E-state index < -0.39 is 23.0 Å². The van der Waals surface area contributed by atoms with Crippen molar-refractivity contribution in [2.45, 2.75) is 13.0 Å². The van der Waals surface area contributed by atoms with Gasteiger partial charge >= 0.3 is 5.97 Å². The van der Waals surface area contributed by atoms with Crippen molar-refractivity contribution in [3.8, 4) is 0 Å². The molecule has 5 rings (SSSR count). The second-order valence-corrected chi connectivity index (χ2v) is 8.69. The van der Waals surface area contributed by atoms with Gasteiger partial charge in [0.25, 0.3) is 0 Å². The molecule has 3 aromatic rings. The highest BCUT2D eigenvalue weighted by atomic mass is 19.1. The number of rotatable bonds is 5. The first-order valence-corrected chi connectivity index (χ1v) is 11.4. The van der Waals surface area contributed by atoms with Crippen LogP contribution in [0.3, 0.4) is 0 Å². The molecule has 2 aliphatic rings. The smallest absolute Gasteiger partial charge is 0.343 e. The molecular weight excluding hydrogens is 442 g/mol. The molecule has 0 amide bonds. The second kappa shape index (κ2) is 8.72. The fraction of sp³-hybridized carbons (Fsp3) is 0.360. The molecule has 7 nitrogen and oxygen atoms in total. The first-order chi connectivity index (χ1) is 16.4. The molecule has 0 spiro atoms. The minimum atomic E-state index is -0.815. The highest BCUT2D eigenvalue weighted by Gasteiger charge is 2.38. The number of fused-ring (bicyclic) bond motifs is 1. The third-order valence-corrected chi connectivity index (χ3v) is 6.50. The topological polar surface area (TPSA) is 57.8 Å². The highest BCUT2D eigenvalue weighted by Crippen LogP contribution is 2.37. The lowest BCUT2D eigenvalue weighted by atomic mass is 10.1. The molecule has 1 aromatic heterocycles. The minimum absolute atomic E-state index is 0.0354. The normalized spacial score (nSPS) is 18.4. The zero-order valence-electron chi connectivity index (χ0n) is 19.1. The van der Waals surface area contributed by atoms with Crippen LogP contribution in [0.25, 0.3) is 10.9 Å². The van der Waals surface area contributed by atoms with Crippen LogP contribution in [-0.2, 0) is 4.74 Å². The Morgan fingerprint density at radius 3 is 2.50 bits per heavy atom. The molecule has 2 saturated heterocycles. The van der Waals surface area contributed by atoms with E-state index in [4.69, 9.17) is 4.74 Å². The van der Waals surface area contributed by atoms with Crippen LogP contribution in [-0.4, -0.2) is 61.9 Å². The van der Waals surface area contributed by atoms with Gasteiger partial charge in [-0.2, -0.15) is 0 Å². The van der Waals surface area contributed by atoms with Crippen LogP contribution in [0.4, 0.5) is 14.5 Å². The van der Waals surface area contributed by atoms with Crippen molar-refractivity contribution < 1.29 is 18.3 Å². The Morgan fingerprint density at radius 2 is 1.82 bits per heavy atom. The predicted octanol–water partition coefficient (Wildman–Crippen LogP) is 2.90. The maximum atomic E-state index is 16.1. The van der Waals surface area contributed by atoms with E-state index in [2.05, 4.69) is 4.90 Å². The van der Waals surface area contributed by atoms with Crippen LogP contribution in [0.2, 0.25) is 0 Å². The van der Waals surface area contributed by atoms with Gasteiger partial charge in [0.1, 0.15) is 22.6 Å². The molecule has 0 N–H and O–H groups in total. The van der Waals surface area contributed by atoms with Gasteiger partial charge in [0, 0.05) is 32.4 Å². The van der Waals surface area contributed by atoms with E-state index >= 15 is 8.78 Å². The molecular formula is C25H26F2N4O3. The van der Waals surface area contributed by atoms with Crippen LogP contribution < -0.4 is 15.3 Å². The van der Waals surface area contributed by atoms with Gasteiger partial charge in [-0.3, -0.25) is 9.47 Å². The number of pyridine rings is 1. The molecule has 2 fully saturated rings. The Morgan fingerprint density at radius 1 is 1.12 bits per heavy atom. The molecule has 34 heavy (non-hydrogen) atoms. The molecule has 2 aromatic carbocycles. The lowest BCUT2D eigenvalue weighted by Gasteiger charge is -2.34. The molecule has 0 bridgehead atoms. The lowest BCUT2D eigenvalue weighted by Crippen LogP contribution is -2.45. The first kappa shape index (κ1) is 22.3. The van der Waals surface area contributed by atoms with Gasteiger partial charge in [-0.25, -0.2) is 13.6 Å². The monoisotopic (exact) mass is 468 g/mol. The number of anilines is 1. The summed E-state index contributed by atoms with van der Waals surface area (Å²) in [6.45, 7) is 4.56. The van der Waals surface area contributed by atoms with Gasteiger partial charge < -0.3 is 19.5 Å². The van der Waals surface area contributed by atoms with Crippen LogP contribution in [0.5, 0.6) is 0 Å². The van der Waals surface area contributed by atoms with E-state index in [-0.39, 0.29) is 34.8 Å². The van der Waals surface area contributed by atoms with Crippen LogP contribution in [0.1, 0.15) is 28.9 Å². The number of hydrogen-bond acceptors (Lipinski definition) is 6. The van der Waals surface area contributed by atoms with E-state index in [0.29, 0.717) is 32.7 Å². The maximum Gasteiger partial charge on any atom is 0.343 e. The molecule has 1 atom stereocenters. The van der Waals surface area contributed by atoms with Crippen molar-refractivity contribution >= 4 is 22.6 Å². The van der Waals surface area contributed by atoms with Crippen molar-refractivity contribution in [3.05, 3.63) is 75.6 Å². The first-order valence-electron chi connectivity index (χ1n) is 11.4. The van der Waals surface area contributed by atoms with Crippen molar-refractivity contribution in [1.29, 1.82) is 0 Å². The number of hydrogen-bond donors (Lipinski definition) is 0. The SMILES string of the molecule is CCOC(=O)c1cn(N2CC2c2ccccc2)c2c(F)c(N3CCN(C)CC3)c(F)cc2c1=O. The number of nitrogens with zero attached hydrogens (tertiary/aromatic N) is 4. The second-order valence-electron chi connectivity index (χ2n) is 8.69. The van der Waals surface area contributed by atoms with Gasteiger partial charge in [-0.05, 0) is 25.6 Å². The van der Waals surface area contributed by atoms with E-state index in [1.807, 2.05) is 42.4 Å². The number of carbonyl (C=O) groups excluding carboxylic acids is 1. The zero-order chi connectivity index (χ0) is 24.0. The van der Waals surface area contributed by atoms with E-state index in [0.717, 1.165) is 11.6 Å². The number of ether oxygens (including phenoxy) is 1. The van der Waals surface area contributed by atoms with Gasteiger partial charge in [-0.1, -0.05) is 30.3 Å². The summed E-state index contributed by atoms with van der Waals surface area (Å²) in [6, 6.07) is 10.7. The molecule has 0 saturated carbocycles. The fourth-order valence-electron chi connectivity index (χ4n) is 4.58. The van der Waals surface area contributed by atoms with Gasteiger partial charge in [-0.15, -0.1) is 0 Å². The molecule has 2 aliphatic heterocycles. The third kappa shape index (κ3) is 3.79. The zero-order valence-corrected chi connectivity index (χ0v) is 19.1. The standard InChI is InChI=1S/C25H26F2N4O3/c1-3-34-25(33)18-14-31(30-15-20(30)16-7-5-4-6-8-16)22-17(24(18)32)13-19(26)23(21(22)27)29-11-9-28(2)10-12-29/h4-8,13-14,20H,3,9-12,15H2,1-2H3. The summed E-state index contributed by atoms with van der Waals surface area (Å²) in [5.74, 6) is -2.43. The van der Waals surface area contributed by atoms with E-state index in [1.165, 1.54) is 10.9 Å². The van der Waals surface area contributed by atoms with Crippen molar-refractivity contribution in [2.75, 3.05) is 56.3 Å². The molecule has 9 heteroatoms. The van der Waals surface area contributed by atoms with Gasteiger partial charge in [0.2, 0.25) is 5.43 Å². The summed E-state index contributed by atoms with van der Waals surface area (Å²) in [6.07, 6.45) is 1.32. The number of piperazine rings is 1. The molecule has 3 heterocycles. The maximum absolute atomic E-state index is 16.1. The lowest BCUT2D eigenvalue weighted by molar-refractivity contribution is 0.0524. The number of esters is 1. The largest absolute Gasteiger partial charge is 0.462 e. The van der Waals surface area contributed by atoms with Crippen molar-refractivity contribution in [1.82, 2.24) is 9.58 Å². The average Bonchev–Trinajstić information content (AvgIpc) is 3.62. The summed E-state index contributed by atoms with van der Waals surface area (Å²) in [5.41, 5.74) is -0.152. The quantitative estimate of drug-likeness (QED) is 0.424. The predicted molar refractivity (Wildman–Crippen MR) is 126 cm³/mol. The molecule has 0 aliphatic carbocycles. The van der Waals surface area contributed by atoms with E-state index in [9.17, 15) is 9.59 Å². The summed E-state index contributed by atoms with van der Waals surface area (Å²) in [5, 5.41) is 1.66. The Labute approximate surface area is 195 Å². The third-order valence-electron chi connectivity index (χ3n) is 6.50. The number of aromatic nitrogens is 1. The number of halogens is 2. The van der Waals surface area contributed by atoms with Crippen LogP contribution in [0.15, 0.2) is 47.4 Å². The summed E-state index contributed by atoms with van der Waals surface area (Å²) in [4.78, 5) is 29.4. The molecule has 0 radical (unpaired) electrons. The van der Waals surface area contributed by atoms with Gasteiger partial charge in [0.05, 0.1) is 24.6 Å². The van der Waals surface area contributed by atoms with E-state index in [1.54, 1.807) is 11.8 Å². The Hall–Kier alpha value is -3.46. The Bertz CT molecular complexity index is 1300. The number of likely N-dealkylation sites (N-methyl/N-ethyl adjacent to an activating group) is 1. The molecule has 1 unspecified atom stereocenters. The number of carbonyl (C=O) groups is 1. The minimum Gasteiger partial charge on any atom is -0.462 e. The Balaban J connectivity index is 1.69. The summed E-state index contributed by atoms with van der Waals surface area (Å²) in [7, 11) is 1.96. The summed E-state index contributed by atoms with van der Waals surface area (Å²) >= 11 is 0. The average molecular weight is 469 g/mol. The fourth-order valence-corrected chi connectivity index (χ4v) is 4.58. The van der Waals surface area contributed by atoms with Gasteiger partial charge in [0.15, 0.2) is 5.82 Å². The van der Waals surface area contributed by atoms with Crippen LogP contribution >= 0.6 is 0 Å². The number of benzene rings is 2. The molecule has 178 valence electrons. The van der Waals surface area contributed by atoms with Crippen molar-refractivity contribution in [2.24, 2.45) is 0 Å². The Kier molecular flexibility index (Phi) is 5.73.